The Morgan fingerprint density at radius 3 is 1.43 bits per heavy atom. The van der Waals surface area contributed by atoms with Gasteiger partial charge in [-0.25, -0.2) is 4.98 Å². The average Bonchev–Trinajstić information content (AvgIpc) is 3.85. The first kappa shape index (κ1) is 27.7. The summed E-state index contributed by atoms with van der Waals surface area (Å²) in [5.74, 6) is 0. The minimum Gasteiger partial charge on any atom is -0.309 e. The monoisotopic (exact) mass is 682 g/mol. The lowest BCUT2D eigenvalue weighted by molar-refractivity contribution is 1.18. The first-order chi connectivity index (χ1) is 25.2. The molecule has 2 nitrogen and oxygen atoms in total. The molecule has 0 aliphatic rings. The van der Waals surface area contributed by atoms with E-state index in [0.717, 1.165) is 15.9 Å². The molecule has 4 heteroatoms. The summed E-state index contributed by atoms with van der Waals surface area (Å²) in [6, 6.07) is 56.8. The van der Waals surface area contributed by atoms with Gasteiger partial charge in [0.25, 0.3) is 0 Å². The molecule has 12 rings (SSSR count). The van der Waals surface area contributed by atoms with Gasteiger partial charge in [-0.05, 0) is 123 Å². The highest BCUT2D eigenvalue weighted by molar-refractivity contribution is 7.26. The van der Waals surface area contributed by atoms with Gasteiger partial charge in [0.2, 0.25) is 0 Å². The van der Waals surface area contributed by atoms with Crippen LogP contribution in [-0.4, -0.2) is 9.55 Å². The number of thiophene rings is 2. The molecule has 0 atom stereocenters. The smallest absolute Gasteiger partial charge is 0.124 e. The normalized spacial score (nSPS) is 12.3. The van der Waals surface area contributed by atoms with Crippen LogP contribution in [0.1, 0.15) is 0 Å². The lowest BCUT2D eigenvalue weighted by Crippen LogP contribution is -1.92. The number of fused-ring (bicyclic) bond motifs is 12. The molecule has 0 aliphatic carbocycles. The zero-order valence-corrected chi connectivity index (χ0v) is 28.9. The van der Waals surface area contributed by atoms with Crippen molar-refractivity contribution >= 4 is 128 Å². The molecule has 236 valence electrons. The van der Waals surface area contributed by atoms with Crippen molar-refractivity contribution < 1.29 is 0 Å². The molecular weight excluding hydrogens is 657 g/mol. The van der Waals surface area contributed by atoms with Crippen molar-refractivity contribution in [2.24, 2.45) is 0 Å². The van der Waals surface area contributed by atoms with Gasteiger partial charge >= 0.3 is 0 Å². The van der Waals surface area contributed by atoms with E-state index >= 15 is 0 Å². The van der Waals surface area contributed by atoms with Crippen LogP contribution in [0.2, 0.25) is 0 Å². The summed E-state index contributed by atoms with van der Waals surface area (Å²) in [5, 5.41) is 17.2. The maximum absolute atomic E-state index is 5.03. The summed E-state index contributed by atoms with van der Waals surface area (Å²) in [4.78, 5) is 6.11. The van der Waals surface area contributed by atoms with Gasteiger partial charge in [-0.2, -0.15) is 0 Å². The van der Waals surface area contributed by atoms with Crippen molar-refractivity contribution in [3.63, 3.8) is 0 Å². The zero-order chi connectivity index (χ0) is 33.2. The molecule has 14 bridgehead atoms. The van der Waals surface area contributed by atoms with Gasteiger partial charge in [-0.15, -0.1) is 22.7 Å². The second kappa shape index (κ2) is 10.2. The van der Waals surface area contributed by atoms with Crippen LogP contribution in [0.3, 0.4) is 0 Å². The van der Waals surface area contributed by atoms with E-state index in [-0.39, 0.29) is 0 Å². The van der Waals surface area contributed by atoms with Crippen molar-refractivity contribution in [1.29, 1.82) is 0 Å². The molecule has 0 N–H and O–H groups in total. The maximum atomic E-state index is 5.03. The second-order valence-electron chi connectivity index (χ2n) is 13.6. The predicted molar refractivity (Wildman–Crippen MR) is 223 cm³/mol. The standard InChI is InChI=1S/C47H26N2S2/c1-2-7-35(8-3-1)49-42-14-9-29-20-36(42)37-21-33(10-15-43(37)49)34-25-41-40-24-32(13-18-46(40)51-47(41)48-26-34)31-12-17-45-39(23-31)38-22-30(11-16-44(38)50-45)28-6-4-5-27(29)19-28/h1-26H. The van der Waals surface area contributed by atoms with Gasteiger partial charge in [0.15, 0.2) is 0 Å². The second-order valence-corrected chi connectivity index (χ2v) is 15.7. The Morgan fingerprint density at radius 1 is 0.353 bits per heavy atom. The number of pyridine rings is 1. The van der Waals surface area contributed by atoms with Crippen LogP contribution in [0.4, 0.5) is 0 Å². The Hall–Kier alpha value is -6.07. The van der Waals surface area contributed by atoms with E-state index in [1.165, 1.54) is 95.2 Å². The molecule has 0 amide bonds. The van der Waals surface area contributed by atoms with E-state index in [9.17, 15) is 0 Å². The first-order valence-corrected chi connectivity index (χ1v) is 18.9. The molecule has 4 heterocycles. The van der Waals surface area contributed by atoms with E-state index in [1.54, 1.807) is 11.3 Å². The van der Waals surface area contributed by atoms with Gasteiger partial charge in [-0.1, -0.05) is 66.7 Å². The third-order valence-electron chi connectivity index (χ3n) is 10.8. The van der Waals surface area contributed by atoms with Gasteiger partial charge < -0.3 is 4.57 Å². The quantitative estimate of drug-likeness (QED) is 0.168. The predicted octanol–water partition coefficient (Wildman–Crippen LogP) is 14.1. The molecule has 51 heavy (non-hydrogen) atoms. The number of hydrogen-bond acceptors (Lipinski definition) is 3. The number of para-hydroxylation sites is 1. The topological polar surface area (TPSA) is 17.8 Å². The van der Waals surface area contributed by atoms with Crippen molar-refractivity contribution in [2.75, 3.05) is 0 Å². The lowest BCUT2D eigenvalue weighted by atomic mass is 10.0. The van der Waals surface area contributed by atoms with Gasteiger partial charge in [0.05, 0.1) is 11.0 Å². The number of nitrogens with zero attached hydrogens (tertiary/aromatic N) is 2. The summed E-state index contributed by atoms with van der Waals surface area (Å²) in [7, 11) is 0. The van der Waals surface area contributed by atoms with Crippen LogP contribution in [0.25, 0.3) is 111 Å². The Morgan fingerprint density at radius 2 is 0.824 bits per heavy atom. The third-order valence-corrected chi connectivity index (χ3v) is 13.0. The summed E-state index contributed by atoms with van der Waals surface area (Å²) < 4.78 is 6.29. The van der Waals surface area contributed by atoms with E-state index in [1.807, 2.05) is 17.5 Å². The summed E-state index contributed by atoms with van der Waals surface area (Å²) in [6.45, 7) is 0. The maximum Gasteiger partial charge on any atom is 0.124 e. The Labute approximate surface area is 299 Å². The van der Waals surface area contributed by atoms with Crippen molar-refractivity contribution in [3.8, 4) is 5.69 Å². The minimum absolute atomic E-state index is 1.07. The van der Waals surface area contributed by atoms with Gasteiger partial charge in [0, 0.05) is 63.7 Å². The fourth-order valence-corrected chi connectivity index (χ4v) is 10.3. The Balaban J connectivity index is 1.28. The number of hydrogen-bond donors (Lipinski definition) is 0. The highest BCUT2D eigenvalue weighted by Crippen LogP contribution is 2.40. The van der Waals surface area contributed by atoms with Crippen LogP contribution >= 0.6 is 22.7 Å². The molecule has 0 saturated heterocycles. The van der Waals surface area contributed by atoms with E-state index in [2.05, 4.69) is 156 Å². The fraction of sp³-hybridized carbons (Fsp3) is 0. The molecule has 4 aromatic heterocycles. The number of benzene rings is 7. The SMILES string of the molecule is c1ccc(-n2c3ccc4cc3c3cc(ccc32)c2cnc3sc5ccc(cc5c3c2)c2ccc3sc5ccc(cc5c3c2)c2cccc4c2)cc1. The minimum atomic E-state index is 1.07. The van der Waals surface area contributed by atoms with Gasteiger partial charge in [0.1, 0.15) is 4.83 Å². The lowest BCUT2D eigenvalue weighted by Gasteiger charge is -2.07. The van der Waals surface area contributed by atoms with Crippen molar-refractivity contribution in [1.82, 2.24) is 9.55 Å². The molecule has 0 saturated carbocycles. The summed E-state index contributed by atoms with van der Waals surface area (Å²) in [6.07, 6.45) is 2.05. The molecule has 0 aliphatic heterocycles. The Bertz CT molecular complexity index is 3480. The van der Waals surface area contributed by atoms with Crippen LogP contribution in [-0.2, 0) is 0 Å². The molecule has 0 unspecified atom stereocenters. The van der Waals surface area contributed by atoms with Gasteiger partial charge in [-0.3, -0.25) is 0 Å². The molecule has 8 aromatic carbocycles. The highest BCUT2D eigenvalue weighted by Gasteiger charge is 2.14. The molecule has 12 aromatic rings. The third kappa shape index (κ3) is 4.06. The zero-order valence-electron chi connectivity index (χ0n) is 27.2. The molecular formula is C47H26N2S2. The largest absolute Gasteiger partial charge is 0.309 e. The fourth-order valence-electron chi connectivity index (χ4n) is 8.25. The number of rotatable bonds is 1. The van der Waals surface area contributed by atoms with Crippen LogP contribution in [0.5, 0.6) is 0 Å². The van der Waals surface area contributed by atoms with Crippen LogP contribution in [0.15, 0.2) is 158 Å². The molecule has 0 spiro atoms. The molecule has 0 fully saturated rings. The van der Waals surface area contributed by atoms with Crippen molar-refractivity contribution in [3.05, 3.63) is 158 Å². The van der Waals surface area contributed by atoms with Crippen molar-refractivity contribution in [2.45, 2.75) is 0 Å². The summed E-state index contributed by atoms with van der Waals surface area (Å²) in [5.41, 5.74) is 3.55. The van der Waals surface area contributed by atoms with Crippen LogP contribution in [0, 0.1) is 0 Å². The highest BCUT2D eigenvalue weighted by atomic mass is 32.1. The van der Waals surface area contributed by atoms with E-state index in [0.29, 0.717) is 0 Å². The Kier molecular flexibility index (Phi) is 5.56. The summed E-state index contributed by atoms with van der Waals surface area (Å²) >= 11 is 3.65. The van der Waals surface area contributed by atoms with E-state index in [4.69, 9.17) is 4.98 Å². The molecule has 0 radical (unpaired) electrons. The van der Waals surface area contributed by atoms with E-state index < -0.39 is 0 Å². The number of aromatic nitrogens is 2. The average molecular weight is 683 g/mol. The first-order valence-electron chi connectivity index (χ1n) is 17.3. The van der Waals surface area contributed by atoms with Crippen LogP contribution < -0.4 is 0 Å².